The molecule has 3 rings (SSSR count). The summed E-state index contributed by atoms with van der Waals surface area (Å²) in [4.78, 5) is 16.3. The van der Waals surface area contributed by atoms with Crippen molar-refractivity contribution in [3.05, 3.63) is 89.1 Å². The first-order valence-electron chi connectivity index (χ1n) is 10.6. The Morgan fingerprint density at radius 1 is 1.06 bits per heavy atom. The van der Waals surface area contributed by atoms with E-state index in [1.807, 2.05) is 24.3 Å². The minimum absolute atomic E-state index is 0.0540. The molecule has 0 unspecified atom stereocenters. The van der Waals surface area contributed by atoms with Crippen LogP contribution in [0.5, 0.6) is 5.75 Å². The van der Waals surface area contributed by atoms with E-state index in [1.165, 1.54) is 0 Å². The highest BCUT2D eigenvalue weighted by Crippen LogP contribution is 2.13. The lowest BCUT2D eigenvalue weighted by Gasteiger charge is -2.18. The number of aliphatic hydroxyl groups is 1. The summed E-state index contributed by atoms with van der Waals surface area (Å²) in [7, 11) is 0. The highest BCUT2D eigenvalue weighted by molar-refractivity contribution is 5.78. The Morgan fingerprint density at radius 2 is 1.81 bits per heavy atom. The normalized spacial score (nSPS) is 12.8. The molecule has 3 aromatic rings. The first-order valence-corrected chi connectivity index (χ1v) is 10.6. The quantitative estimate of drug-likeness (QED) is 0.334. The van der Waals surface area contributed by atoms with Crippen molar-refractivity contribution in [2.75, 3.05) is 12.3 Å². The van der Waals surface area contributed by atoms with Crippen molar-refractivity contribution < 1.29 is 15.0 Å². The third-order valence-electron chi connectivity index (χ3n) is 5.18. The molecule has 1 aromatic heterocycles. The van der Waals surface area contributed by atoms with E-state index in [-0.39, 0.29) is 17.7 Å². The number of rotatable bonds is 10. The van der Waals surface area contributed by atoms with Gasteiger partial charge in [0.15, 0.2) is 0 Å². The lowest BCUT2D eigenvalue weighted by Crippen LogP contribution is -2.32. The van der Waals surface area contributed by atoms with Crippen LogP contribution < -0.4 is 16.4 Å². The summed E-state index contributed by atoms with van der Waals surface area (Å²) in [5.74, 6) is 0.579. The van der Waals surface area contributed by atoms with Crippen LogP contribution in [-0.2, 0) is 24.2 Å². The van der Waals surface area contributed by atoms with E-state index in [2.05, 4.69) is 22.5 Å². The van der Waals surface area contributed by atoms with Crippen molar-refractivity contribution in [2.45, 2.75) is 38.5 Å². The molecule has 168 valence electrons. The van der Waals surface area contributed by atoms with Crippen molar-refractivity contribution in [1.82, 2.24) is 15.6 Å². The van der Waals surface area contributed by atoms with Crippen molar-refractivity contribution in [3.8, 4) is 5.75 Å². The Labute approximate surface area is 188 Å². The van der Waals surface area contributed by atoms with Crippen molar-refractivity contribution in [3.63, 3.8) is 0 Å². The highest BCUT2D eigenvalue weighted by atomic mass is 16.3. The van der Waals surface area contributed by atoms with Crippen molar-refractivity contribution in [1.29, 1.82) is 0 Å². The zero-order valence-electron chi connectivity index (χ0n) is 18.2. The average molecular weight is 435 g/mol. The highest BCUT2D eigenvalue weighted by Gasteiger charge is 2.11. The molecular weight excluding hydrogens is 404 g/mol. The van der Waals surface area contributed by atoms with Gasteiger partial charge in [-0.15, -0.1) is 0 Å². The smallest absolute Gasteiger partial charge is 0.224 e. The van der Waals surface area contributed by atoms with Gasteiger partial charge in [-0.25, -0.2) is 4.98 Å². The van der Waals surface area contributed by atoms with Crippen molar-refractivity contribution >= 4 is 11.7 Å². The average Bonchev–Trinajstić information content (AvgIpc) is 2.78. The fourth-order valence-corrected chi connectivity index (χ4v) is 3.40. The Bertz CT molecular complexity index is 1010. The lowest BCUT2D eigenvalue weighted by molar-refractivity contribution is -0.120. The molecule has 0 radical (unpaired) electrons. The standard InChI is InChI=1S/C25H30N4O3/c1-17(27-16-23(31)21-7-10-24(26)28-15-21)11-19-3-2-4-20(12-19)13-25(32)29-14-18-5-8-22(30)9-6-18/h2-10,12,15,17,23,27,30-31H,11,13-14,16H2,1H3,(H2,26,28)(H,29,32)/t17-,23+/m1/s1. The number of aromatic nitrogens is 1. The number of carbonyl (C=O) groups is 1. The largest absolute Gasteiger partial charge is 0.508 e. The van der Waals surface area contributed by atoms with Crippen LogP contribution in [0.1, 0.15) is 35.3 Å². The molecule has 1 amide bonds. The predicted molar refractivity (Wildman–Crippen MR) is 125 cm³/mol. The van der Waals surface area contributed by atoms with Crippen LogP contribution in [-0.4, -0.2) is 33.7 Å². The minimum Gasteiger partial charge on any atom is -0.508 e. The fourth-order valence-electron chi connectivity index (χ4n) is 3.40. The summed E-state index contributed by atoms with van der Waals surface area (Å²) in [5.41, 5.74) is 9.31. The summed E-state index contributed by atoms with van der Waals surface area (Å²) in [6, 6.07) is 18.3. The Kier molecular flexibility index (Phi) is 8.19. The van der Waals surface area contributed by atoms with Gasteiger partial charge in [0.2, 0.25) is 5.91 Å². The van der Waals surface area contributed by atoms with E-state index in [1.54, 1.807) is 42.6 Å². The number of anilines is 1. The van der Waals surface area contributed by atoms with E-state index >= 15 is 0 Å². The molecule has 32 heavy (non-hydrogen) atoms. The monoisotopic (exact) mass is 434 g/mol. The molecule has 0 saturated carbocycles. The molecule has 0 aliphatic carbocycles. The Hall–Kier alpha value is -3.42. The molecule has 1 heterocycles. The van der Waals surface area contributed by atoms with E-state index in [4.69, 9.17) is 5.73 Å². The van der Waals surface area contributed by atoms with Gasteiger partial charge in [-0.1, -0.05) is 42.5 Å². The third-order valence-corrected chi connectivity index (χ3v) is 5.18. The topological polar surface area (TPSA) is 120 Å². The number of amides is 1. The number of hydrogen-bond donors (Lipinski definition) is 5. The zero-order chi connectivity index (χ0) is 22.9. The van der Waals surface area contributed by atoms with Crippen LogP contribution in [0.2, 0.25) is 0 Å². The third kappa shape index (κ3) is 7.37. The molecule has 0 saturated heterocycles. The maximum atomic E-state index is 12.3. The van der Waals surface area contributed by atoms with E-state index in [9.17, 15) is 15.0 Å². The number of pyridine rings is 1. The molecule has 7 nitrogen and oxygen atoms in total. The summed E-state index contributed by atoms with van der Waals surface area (Å²) < 4.78 is 0. The molecule has 2 atom stereocenters. The maximum Gasteiger partial charge on any atom is 0.224 e. The number of carbonyl (C=O) groups excluding carboxylic acids is 1. The zero-order valence-corrected chi connectivity index (χ0v) is 18.2. The Morgan fingerprint density at radius 3 is 2.53 bits per heavy atom. The van der Waals surface area contributed by atoms with Gasteiger partial charge in [-0.05, 0) is 48.2 Å². The van der Waals surface area contributed by atoms with E-state index in [0.29, 0.717) is 25.3 Å². The molecule has 0 aliphatic heterocycles. The van der Waals surface area contributed by atoms with Gasteiger partial charge in [0.05, 0.1) is 12.5 Å². The SMILES string of the molecule is C[C@H](Cc1cccc(CC(=O)NCc2ccc(O)cc2)c1)NC[C@H](O)c1ccc(N)nc1. The van der Waals surface area contributed by atoms with E-state index < -0.39 is 6.10 Å². The molecule has 0 aliphatic rings. The summed E-state index contributed by atoms with van der Waals surface area (Å²) in [6.45, 7) is 2.89. The van der Waals surface area contributed by atoms with Crippen LogP contribution in [0.15, 0.2) is 66.9 Å². The molecule has 0 spiro atoms. The number of phenolic OH excluding ortho intramolecular Hbond substituents is 1. The fraction of sp³-hybridized carbons (Fsp3) is 0.280. The van der Waals surface area contributed by atoms with Crippen LogP contribution in [0.25, 0.3) is 0 Å². The van der Waals surface area contributed by atoms with E-state index in [0.717, 1.165) is 28.7 Å². The molecule has 7 heteroatoms. The number of phenols is 1. The summed E-state index contributed by atoms with van der Waals surface area (Å²) in [6.07, 6.45) is 2.00. The molecule has 6 N–H and O–H groups in total. The van der Waals surface area contributed by atoms with Gasteiger partial charge in [0.1, 0.15) is 11.6 Å². The first-order chi connectivity index (χ1) is 15.4. The number of nitrogens with two attached hydrogens (primary N) is 1. The second-order valence-corrected chi connectivity index (χ2v) is 7.99. The second-order valence-electron chi connectivity index (χ2n) is 7.99. The predicted octanol–water partition coefficient (Wildman–Crippen LogP) is 2.48. The number of aromatic hydroxyl groups is 1. The van der Waals surface area contributed by atoms with Crippen LogP contribution >= 0.6 is 0 Å². The second kappa shape index (κ2) is 11.3. The first kappa shape index (κ1) is 23.2. The van der Waals surface area contributed by atoms with Crippen LogP contribution in [0, 0.1) is 0 Å². The Balaban J connectivity index is 1.45. The van der Waals surface area contributed by atoms with Gasteiger partial charge >= 0.3 is 0 Å². The maximum absolute atomic E-state index is 12.3. The molecular formula is C25H30N4O3. The van der Waals surface area contributed by atoms with Gasteiger partial charge in [0, 0.05) is 30.9 Å². The van der Waals surface area contributed by atoms with Crippen molar-refractivity contribution in [2.24, 2.45) is 0 Å². The summed E-state index contributed by atoms with van der Waals surface area (Å²) >= 11 is 0. The number of nitrogens with one attached hydrogen (secondary N) is 2. The number of nitrogen functional groups attached to an aromatic ring is 1. The van der Waals surface area contributed by atoms with Crippen LogP contribution in [0.4, 0.5) is 5.82 Å². The number of aliphatic hydroxyl groups excluding tert-OH is 1. The van der Waals surface area contributed by atoms with Gasteiger partial charge in [-0.3, -0.25) is 4.79 Å². The van der Waals surface area contributed by atoms with Crippen LogP contribution in [0.3, 0.4) is 0 Å². The lowest BCUT2D eigenvalue weighted by atomic mass is 10.0. The number of benzene rings is 2. The number of nitrogens with zero attached hydrogens (tertiary/aromatic N) is 1. The van der Waals surface area contributed by atoms with Gasteiger partial charge in [0.25, 0.3) is 0 Å². The molecule has 0 fully saturated rings. The number of hydrogen-bond acceptors (Lipinski definition) is 6. The molecule has 2 aromatic carbocycles. The van der Waals surface area contributed by atoms with Gasteiger partial charge < -0.3 is 26.6 Å². The summed E-state index contributed by atoms with van der Waals surface area (Å²) in [5, 5.41) is 25.9. The van der Waals surface area contributed by atoms with Gasteiger partial charge in [-0.2, -0.15) is 0 Å². The molecule has 0 bridgehead atoms. The minimum atomic E-state index is -0.658.